The van der Waals surface area contributed by atoms with Crippen LogP contribution in [0.1, 0.15) is 33.4 Å². The zero-order chi connectivity index (χ0) is 17.1. The van der Waals surface area contributed by atoms with E-state index in [-0.39, 0.29) is 0 Å². The maximum Gasteiger partial charge on any atom is 0.350 e. The van der Waals surface area contributed by atoms with E-state index in [1.165, 1.54) is 11.3 Å². The predicted molar refractivity (Wildman–Crippen MR) is 100 cm³/mol. The van der Waals surface area contributed by atoms with Gasteiger partial charge in [-0.2, -0.15) is 0 Å². The van der Waals surface area contributed by atoms with E-state index < -0.39 is 5.97 Å². The predicted octanol–water partition coefficient (Wildman–Crippen LogP) is 4.53. The number of esters is 1. The van der Waals surface area contributed by atoms with Crippen LogP contribution in [0.3, 0.4) is 0 Å². The molecule has 0 atom stereocenters. The number of nitrogens with zero attached hydrogens (tertiary/aromatic N) is 1. The molecule has 4 nitrogen and oxygen atoms in total. The van der Waals surface area contributed by atoms with Crippen molar-refractivity contribution in [3.05, 3.63) is 58.1 Å². The second-order valence-electron chi connectivity index (χ2n) is 5.34. The van der Waals surface area contributed by atoms with Crippen LogP contribution in [0.4, 0.5) is 5.69 Å². The summed E-state index contributed by atoms with van der Waals surface area (Å²) in [6.45, 7) is 4.02. The first-order valence-electron chi connectivity index (χ1n) is 7.70. The minimum atomic E-state index is -0.395. The number of thiophene rings is 1. The molecule has 24 heavy (non-hydrogen) atoms. The summed E-state index contributed by atoms with van der Waals surface area (Å²) in [6, 6.07) is 12.0. The lowest BCUT2D eigenvalue weighted by molar-refractivity contribution is 0.0533. The van der Waals surface area contributed by atoms with Crippen LogP contribution < -0.4 is 5.73 Å². The van der Waals surface area contributed by atoms with Crippen molar-refractivity contribution in [2.75, 3.05) is 12.3 Å². The summed E-state index contributed by atoms with van der Waals surface area (Å²) in [7, 11) is 0. The summed E-state index contributed by atoms with van der Waals surface area (Å²) < 4.78 is 5.08. The number of rotatable bonds is 4. The van der Waals surface area contributed by atoms with Crippen molar-refractivity contribution in [3.63, 3.8) is 0 Å². The van der Waals surface area contributed by atoms with Gasteiger partial charge in [-0.3, -0.25) is 0 Å². The van der Waals surface area contributed by atoms with E-state index in [2.05, 4.69) is 4.98 Å². The highest BCUT2D eigenvalue weighted by Gasteiger charge is 2.20. The smallest absolute Gasteiger partial charge is 0.350 e. The molecular formula is C19H18N2O2S. The van der Waals surface area contributed by atoms with Crippen molar-refractivity contribution in [3.8, 4) is 0 Å². The number of carbonyl (C=O) groups is 1. The zero-order valence-electron chi connectivity index (χ0n) is 13.6. The fourth-order valence-corrected chi connectivity index (χ4v) is 3.58. The standard InChI is InChI=1S/C19H18N2O2S/c1-3-23-19(22)17-16(20)15-14(11-12(2)21-18(15)24-17)10-9-13-7-5-4-6-8-13/h4-11H,3,20H2,1-2H3/b10-9+. The maximum atomic E-state index is 12.1. The number of aryl methyl sites for hydroxylation is 1. The third-order valence-corrected chi connectivity index (χ3v) is 4.65. The van der Waals surface area contributed by atoms with Gasteiger partial charge in [-0.25, -0.2) is 9.78 Å². The highest BCUT2D eigenvalue weighted by atomic mass is 32.1. The quantitative estimate of drug-likeness (QED) is 0.710. The number of ether oxygens (including phenoxy) is 1. The molecule has 0 radical (unpaired) electrons. The first-order valence-corrected chi connectivity index (χ1v) is 8.51. The lowest BCUT2D eigenvalue weighted by Crippen LogP contribution is -2.04. The summed E-state index contributed by atoms with van der Waals surface area (Å²) in [5.41, 5.74) is 9.59. The van der Waals surface area contributed by atoms with Gasteiger partial charge in [0.2, 0.25) is 0 Å². The van der Waals surface area contributed by atoms with Crippen LogP contribution in [0, 0.1) is 6.92 Å². The molecule has 0 bridgehead atoms. The second kappa shape index (κ2) is 6.84. The van der Waals surface area contributed by atoms with Gasteiger partial charge in [0.15, 0.2) is 0 Å². The van der Waals surface area contributed by atoms with Crippen LogP contribution in [0.15, 0.2) is 36.4 Å². The number of hydrogen-bond donors (Lipinski definition) is 1. The Labute approximate surface area is 144 Å². The lowest BCUT2D eigenvalue weighted by atomic mass is 10.1. The van der Waals surface area contributed by atoms with Gasteiger partial charge >= 0.3 is 5.97 Å². The summed E-state index contributed by atoms with van der Waals surface area (Å²) in [6.07, 6.45) is 4.03. The Balaban J connectivity index is 2.10. The van der Waals surface area contributed by atoms with Gasteiger partial charge in [0.25, 0.3) is 0 Å². The highest BCUT2D eigenvalue weighted by Crippen LogP contribution is 2.36. The van der Waals surface area contributed by atoms with Gasteiger partial charge in [0, 0.05) is 11.1 Å². The molecule has 0 aliphatic carbocycles. The second-order valence-corrected chi connectivity index (χ2v) is 6.34. The number of benzene rings is 1. The van der Waals surface area contributed by atoms with E-state index in [9.17, 15) is 4.79 Å². The van der Waals surface area contributed by atoms with Crippen molar-refractivity contribution in [2.24, 2.45) is 0 Å². The van der Waals surface area contributed by atoms with Crippen LogP contribution in [0.5, 0.6) is 0 Å². The largest absolute Gasteiger partial charge is 0.462 e. The van der Waals surface area contributed by atoms with Gasteiger partial charge in [0.05, 0.1) is 12.3 Å². The Hall–Kier alpha value is -2.66. The van der Waals surface area contributed by atoms with Crippen molar-refractivity contribution < 1.29 is 9.53 Å². The Morgan fingerprint density at radius 1 is 1.29 bits per heavy atom. The van der Waals surface area contributed by atoms with Gasteiger partial charge < -0.3 is 10.5 Å². The molecule has 0 aliphatic rings. The molecule has 3 aromatic rings. The molecule has 0 aliphatic heterocycles. The molecule has 0 spiro atoms. The number of pyridine rings is 1. The third-order valence-electron chi connectivity index (χ3n) is 3.57. The summed E-state index contributed by atoms with van der Waals surface area (Å²) in [5.74, 6) is -0.395. The van der Waals surface area contributed by atoms with Gasteiger partial charge in [-0.1, -0.05) is 42.5 Å². The van der Waals surface area contributed by atoms with Crippen LogP contribution in [0.2, 0.25) is 0 Å². The van der Waals surface area contributed by atoms with Crippen LogP contribution in [-0.2, 0) is 4.74 Å². The van der Waals surface area contributed by atoms with Crippen LogP contribution in [-0.4, -0.2) is 17.6 Å². The van der Waals surface area contributed by atoms with Gasteiger partial charge in [-0.05, 0) is 31.0 Å². The van der Waals surface area contributed by atoms with E-state index in [4.69, 9.17) is 10.5 Å². The van der Waals surface area contributed by atoms with Crippen LogP contribution in [0.25, 0.3) is 22.4 Å². The van der Waals surface area contributed by atoms with Crippen molar-refractivity contribution in [2.45, 2.75) is 13.8 Å². The first-order chi connectivity index (χ1) is 11.6. The average Bonchev–Trinajstić information content (AvgIpc) is 2.90. The minimum absolute atomic E-state index is 0.319. The summed E-state index contributed by atoms with van der Waals surface area (Å²) in [4.78, 5) is 17.8. The summed E-state index contributed by atoms with van der Waals surface area (Å²) in [5, 5.41) is 0.806. The van der Waals surface area contributed by atoms with E-state index in [1.54, 1.807) is 6.92 Å². The lowest BCUT2D eigenvalue weighted by Gasteiger charge is -2.02. The Morgan fingerprint density at radius 3 is 2.75 bits per heavy atom. The number of anilines is 1. The molecule has 2 aromatic heterocycles. The molecule has 2 N–H and O–H groups in total. The first kappa shape index (κ1) is 16.2. The molecule has 0 fully saturated rings. The van der Waals surface area contributed by atoms with E-state index in [1.807, 2.05) is 55.5 Å². The topological polar surface area (TPSA) is 65.2 Å². The molecule has 0 saturated heterocycles. The van der Waals surface area contributed by atoms with Gasteiger partial charge in [-0.15, -0.1) is 11.3 Å². The monoisotopic (exact) mass is 338 g/mol. The molecule has 0 saturated carbocycles. The van der Waals surface area contributed by atoms with Crippen molar-refractivity contribution in [1.29, 1.82) is 0 Å². The number of carbonyl (C=O) groups excluding carboxylic acids is 1. The SMILES string of the molecule is CCOC(=O)c1sc2nc(C)cc(/C=C/c3ccccc3)c2c1N. The molecule has 0 amide bonds. The number of fused-ring (bicyclic) bond motifs is 1. The Morgan fingerprint density at radius 2 is 2.04 bits per heavy atom. The number of nitrogens with two attached hydrogens (primary N) is 1. The van der Waals surface area contributed by atoms with Crippen molar-refractivity contribution in [1.82, 2.24) is 4.98 Å². The minimum Gasteiger partial charge on any atom is -0.462 e. The molecular weight excluding hydrogens is 320 g/mol. The highest BCUT2D eigenvalue weighted by molar-refractivity contribution is 7.21. The van der Waals surface area contributed by atoms with Crippen molar-refractivity contribution >= 4 is 45.4 Å². The molecule has 5 heteroatoms. The zero-order valence-corrected chi connectivity index (χ0v) is 14.4. The molecule has 122 valence electrons. The maximum absolute atomic E-state index is 12.1. The molecule has 0 unspecified atom stereocenters. The average molecular weight is 338 g/mol. The summed E-state index contributed by atoms with van der Waals surface area (Å²) >= 11 is 1.28. The van der Waals surface area contributed by atoms with Crippen LogP contribution >= 0.6 is 11.3 Å². The normalized spacial score (nSPS) is 11.2. The number of nitrogen functional groups attached to an aromatic ring is 1. The number of hydrogen-bond acceptors (Lipinski definition) is 5. The van der Waals surface area contributed by atoms with E-state index >= 15 is 0 Å². The molecule has 2 heterocycles. The van der Waals surface area contributed by atoms with Gasteiger partial charge in [0.1, 0.15) is 9.71 Å². The Kier molecular flexibility index (Phi) is 4.62. The molecule has 3 rings (SSSR count). The van der Waals surface area contributed by atoms with E-state index in [0.717, 1.165) is 27.0 Å². The fourth-order valence-electron chi connectivity index (χ4n) is 2.51. The Bertz CT molecular complexity index is 914. The third kappa shape index (κ3) is 3.16. The van der Waals surface area contributed by atoms with E-state index in [0.29, 0.717) is 17.2 Å². The molecule has 1 aromatic carbocycles. The number of aromatic nitrogens is 1. The fraction of sp³-hybridized carbons (Fsp3) is 0.158.